The smallest absolute Gasteiger partial charge is 0.213 e. The Hall–Kier alpha value is -9.20. The zero-order valence-electron chi connectivity index (χ0n) is 36.6. The lowest BCUT2D eigenvalue weighted by Gasteiger charge is -2.26. The first-order chi connectivity index (χ1) is 33.8. The van der Waals surface area contributed by atoms with Crippen LogP contribution in [0.5, 0.6) is 0 Å². The fourth-order valence-corrected chi connectivity index (χ4v) is 11.4. The first-order valence-electron chi connectivity index (χ1n) is 23.2. The van der Waals surface area contributed by atoms with Crippen LogP contribution in [0.2, 0.25) is 0 Å². The third kappa shape index (κ3) is 5.12. The topological polar surface area (TPSA) is 56.5 Å². The zero-order valence-corrected chi connectivity index (χ0v) is 36.6. The Morgan fingerprint density at radius 1 is 0.353 bits per heavy atom. The molecule has 0 amide bonds. The van der Waals surface area contributed by atoms with Gasteiger partial charge in [-0.1, -0.05) is 170 Å². The van der Waals surface area contributed by atoms with E-state index in [2.05, 4.69) is 242 Å². The van der Waals surface area contributed by atoms with Gasteiger partial charge in [-0.3, -0.25) is 4.57 Å². The number of hydrogen-bond donors (Lipinski definition) is 1. The predicted molar refractivity (Wildman–Crippen MR) is 283 cm³/mol. The number of amidine groups is 1. The van der Waals surface area contributed by atoms with Crippen molar-refractivity contribution < 1.29 is 0 Å². The molecule has 1 N–H and O–H groups in total. The van der Waals surface area contributed by atoms with Gasteiger partial charge in [0.2, 0.25) is 12.2 Å². The van der Waals surface area contributed by atoms with E-state index in [0.29, 0.717) is 11.8 Å². The van der Waals surface area contributed by atoms with E-state index in [1.165, 1.54) is 48.7 Å². The van der Waals surface area contributed by atoms with Crippen molar-refractivity contribution in [2.75, 3.05) is 0 Å². The van der Waals surface area contributed by atoms with Gasteiger partial charge in [0.1, 0.15) is 0 Å². The number of para-hydroxylation sites is 5. The number of rotatable bonds is 4. The van der Waals surface area contributed by atoms with Crippen molar-refractivity contribution in [2.24, 2.45) is 9.98 Å². The molecule has 7 heteroatoms. The number of nitrogens with one attached hydrogen (secondary N) is 1. The van der Waals surface area contributed by atoms with Crippen molar-refractivity contribution >= 4 is 110 Å². The van der Waals surface area contributed by atoms with Crippen molar-refractivity contribution in [3.63, 3.8) is 0 Å². The maximum atomic E-state index is 5.56. The van der Waals surface area contributed by atoms with Crippen molar-refractivity contribution in [1.82, 2.24) is 23.6 Å². The Balaban J connectivity index is 1.03. The molecular weight excluding hydrogens is 831 g/mol. The van der Waals surface area contributed by atoms with Gasteiger partial charge < -0.3 is 19.0 Å². The normalized spacial score (nSPS) is 14.3. The van der Waals surface area contributed by atoms with Crippen LogP contribution in [0.3, 0.4) is 0 Å². The minimum Gasteiger partial charge on any atom is -0.316 e. The molecule has 7 nitrogen and oxygen atoms in total. The lowest BCUT2D eigenvalue weighted by Crippen LogP contribution is -2.40. The van der Waals surface area contributed by atoms with Crippen LogP contribution in [0.25, 0.3) is 109 Å². The lowest BCUT2D eigenvalue weighted by molar-refractivity contribution is 0.509. The average molecular weight is 870 g/mol. The average Bonchev–Trinajstić information content (AvgIpc) is 4.14. The van der Waals surface area contributed by atoms with E-state index in [1.807, 2.05) is 6.07 Å². The molecule has 1 aliphatic rings. The van der Waals surface area contributed by atoms with Crippen molar-refractivity contribution in [2.45, 2.75) is 6.29 Å². The fraction of sp³-hybridized carbons (Fsp3) is 0.0164. The molecule has 0 saturated carbocycles. The van der Waals surface area contributed by atoms with Gasteiger partial charge in [0, 0.05) is 59.7 Å². The van der Waals surface area contributed by atoms with Crippen LogP contribution in [-0.2, 0) is 0 Å². The summed E-state index contributed by atoms with van der Waals surface area (Å²) in [5, 5.41) is 15.8. The van der Waals surface area contributed by atoms with Crippen molar-refractivity contribution in [1.29, 1.82) is 0 Å². The maximum absolute atomic E-state index is 5.56. The van der Waals surface area contributed by atoms with Crippen LogP contribution in [0.4, 0.5) is 0 Å². The molecule has 1 atom stereocenters. The number of nitrogens with zero attached hydrogens (tertiary/aromatic N) is 6. The van der Waals surface area contributed by atoms with E-state index < -0.39 is 6.29 Å². The van der Waals surface area contributed by atoms with E-state index in [9.17, 15) is 0 Å². The van der Waals surface area contributed by atoms with E-state index in [0.717, 1.165) is 66.2 Å². The quantitative estimate of drug-likeness (QED) is 0.188. The summed E-state index contributed by atoms with van der Waals surface area (Å²) < 4.78 is 9.61. The van der Waals surface area contributed by atoms with Gasteiger partial charge in [-0.25, -0.2) is 4.99 Å². The van der Waals surface area contributed by atoms with Crippen LogP contribution < -0.4 is 5.32 Å². The number of benzene rings is 10. The zero-order chi connectivity index (χ0) is 44.5. The Labute approximate surface area is 389 Å². The van der Waals surface area contributed by atoms with Crippen LogP contribution in [0.1, 0.15) is 11.9 Å². The molecule has 1 unspecified atom stereocenters. The maximum Gasteiger partial charge on any atom is 0.213 e. The Kier molecular flexibility index (Phi) is 7.71. The number of fused-ring (bicyclic) bond motifs is 15. The second-order valence-electron chi connectivity index (χ2n) is 17.8. The Bertz CT molecular complexity index is 4460. The van der Waals surface area contributed by atoms with E-state index >= 15 is 0 Å². The third-order valence-corrected chi connectivity index (χ3v) is 14.2. The number of aromatic nitrogens is 4. The minimum absolute atomic E-state index is 0.570. The molecular formula is C61H39N7. The molecule has 0 saturated heterocycles. The first-order valence-corrected chi connectivity index (χ1v) is 23.2. The van der Waals surface area contributed by atoms with Crippen molar-refractivity contribution in [3.8, 4) is 11.4 Å². The van der Waals surface area contributed by atoms with E-state index in [-0.39, 0.29) is 0 Å². The second kappa shape index (κ2) is 14.1. The summed E-state index contributed by atoms with van der Waals surface area (Å²) in [4.78, 5) is 11.1. The molecule has 10 aromatic carbocycles. The van der Waals surface area contributed by atoms with Gasteiger partial charge in [0.15, 0.2) is 5.84 Å². The van der Waals surface area contributed by atoms with Gasteiger partial charge in [0.05, 0.1) is 49.8 Å². The molecule has 0 spiro atoms. The molecule has 1 aliphatic heterocycles. The Morgan fingerprint density at radius 2 is 0.868 bits per heavy atom. The molecule has 318 valence electrons. The van der Waals surface area contributed by atoms with Gasteiger partial charge in [-0.05, 0) is 60.0 Å². The summed E-state index contributed by atoms with van der Waals surface area (Å²) in [6.45, 7) is 0. The first kappa shape index (κ1) is 37.1. The van der Waals surface area contributed by atoms with Crippen LogP contribution in [-0.4, -0.2) is 30.1 Å². The van der Waals surface area contributed by atoms with E-state index in [1.54, 1.807) is 0 Å². The molecule has 0 fully saturated rings. The van der Waals surface area contributed by atoms with Gasteiger partial charge >= 0.3 is 0 Å². The standard InChI is InChI=1S/C61H39N7/c1-3-19-39(20-4-1)59-62-60(67-52-32-16-12-28-47(52)56-54(67)37-35-44-42-25-9-13-29-49(42)65(57(44)56)40-22-5-2-6-23-40)64-61(63-59)68-50-30-14-10-26-43(50)45-34-36-53-55(58(45)68)46-27-11-15-31-51(46)66(53)48-33-17-21-38-18-7-8-24-41(38)48/h1-37,60H,(H,62,63,64). The summed E-state index contributed by atoms with van der Waals surface area (Å²) in [7, 11) is 0. The highest BCUT2D eigenvalue weighted by Gasteiger charge is 2.30. The third-order valence-electron chi connectivity index (χ3n) is 14.2. The molecule has 15 rings (SSSR count). The summed E-state index contributed by atoms with van der Waals surface area (Å²) >= 11 is 0. The Morgan fingerprint density at radius 3 is 1.59 bits per heavy atom. The lowest BCUT2D eigenvalue weighted by atomic mass is 10.1. The summed E-state index contributed by atoms with van der Waals surface area (Å²) in [6, 6.07) is 80.7. The number of aliphatic imine (C=N–C) groups is 2. The minimum atomic E-state index is -0.570. The molecule has 4 aromatic heterocycles. The largest absolute Gasteiger partial charge is 0.316 e. The number of hydrogen-bond acceptors (Lipinski definition) is 3. The van der Waals surface area contributed by atoms with Gasteiger partial charge in [-0.2, -0.15) is 4.99 Å². The highest BCUT2D eigenvalue weighted by Crippen LogP contribution is 2.44. The SMILES string of the molecule is c1ccc(C2=NC(n3c4ccccc4c4c5c(ccc43)c3ccccc3n5-c3ccccc3)NC(n3c4ccccc4c4ccc5c(c6ccccc6n5-c5cccc6ccccc56)c43)=N2)cc1. The predicted octanol–water partition coefficient (Wildman–Crippen LogP) is 14.7. The summed E-state index contributed by atoms with van der Waals surface area (Å²) in [6.07, 6.45) is -0.570. The highest BCUT2D eigenvalue weighted by molar-refractivity contribution is 6.29. The molecule has 68 heavy (non-hydrogen) atoms. The highest BCUT2D eigenvalue weighted by atomic mass is 15.4. The second-order valence-corrected chi connectivity index (χ2v) is 17.8. The molecule has 0 bridgehead atoms. The van der Waals surface area contributed by atoms with Crippen LogP contribution in [0.15, 0.2) is 234 Å². The van der Waals surface area contributed by atoms with Crippen molar-refractivity contribution in [3.05, 3.63) is 230 Å². The molecule has 0 aliphatic carbocycles. The monoisotopic (exact) mass is 869 g/mol. The van der Waals surface area contributed by atoms with Crippen LogP contribution in [0, 0.1) is 0 Å². The molecule has 14 aromatic rings. The molecule has 0 radical (unpaired) electrons. The summed E-state index contributed by atoms with van der Waals surface area (Å²) in [5.41, 5.74) is 12.2. The molecule has 5 heterocycles. The fourth-order valence-electron chi connectivity index (χ4n) is 11.4. The van der Waals surface area contributed by atoms with E-state index in [4.69, 9.17) is 9.98 Å². The van der Waals surface area contributed by atoms with Gasteiger partial charge in [0.25, 0.3) is 0 Å². The van der Waals surface area contributed by atoms with Gasteiger partial charge in [-0.15, -0.1) is 0 Å². The van der Waals surface area contributed by atoms with Crippen LogP contribution >= 0.6 is 0 Å². The summed E-state index contributed by atoms with van der Waals surface area (Å²) in [5.74, 6) is 1.36.